The van der Waals surface area contributed by atoms with Crippen molar-refractivity contribution in [2.45, 2.75) is 0 Å². The average molecular weight is 230 g/mol. The van der Waals surface area contributed by atoms with Crippen molar-refractivity contribution < 1.29 is 0 Å². The number of hydrogen-bond acceptors (Lipinski definition) is 0. The second-order valence-corrected chi connectivity index (χ2v) is 4.39. The molecule has 0 aliphatic heterocycles. The van der Waals surface area contributed by atoms with E-state index in [1.165, 1.54) is 26.8 Å². The SMILES string of the molecule is C=CC=c1c2ccccc2c(=C)c2ccccc12. The molecule has 0 fully saturated rings. The highest BCUT2D eigenvalue weighted by molar-refractivity contribution is 6.00. The standard InChI is InChI=1S/C18H14/c1-3-8-16-17-11-6-4-9-14(17)13(2)15-10-5-7-12-18(15)16/h3-12H,1-2H2. The number of rotatable bonds is 1. The van der Waals surface area contributed by atoms with Crippen LogP contribution in [0.2, 0.25) is 0 Å². The van der Waals surface area contributed by atoms with Crippen LogP contribution in [0, 0.1) is 0 Å². The summed E-state index contributed by atoms with van der Waals surface area (Å²) in [7, 11) is 0. The molecule has 0 atom stereocenters. The molecule has 3 rings (SSSR count). The van der Waals surface area contributed by atoms with Gasteiger partial charge in [0.2, 0.25) is 0 Å². The molecule has 18 heavy (non-hydrogen) atoms. The maximum atomic E-state index is 4.24. The molecule has 0 heterocycles. The number of hydrogen-bond donors (Lipinski definition) is 0. The molecule has 86 valence electrons. The molecule has 0 bridgehead atoms. The van der Waals surface area contributed by atoms with Gasteiger partial charge in [-0.25, -0.2) is 0 Å². The molecule has 0 N–H and O–H groups in total. The van der Waals surface area contributed by atoms with Crippen molar-refractivity contribution in [1.82, 2.24) is 0 Å². The van der Waals surface area contributed by atoms with E-state index in [9.17, 15) is 0 Å². The van der Waals surface area contributed by atoms with E-state index in [0.717, 1.165) is 5.22 Å². The van der Waals surface area contributed by atoms with Crippen molar-refractivity contribution in [1.29, 1.82) is 0 Å². The predicted octanol–water partition coefficient (Wildman–Crippen LogP) is 3.37. The zero-order chi connectivity index (χ0) is 12.5. The Morgan fingerprint density at radius 1 is 0.722 bits per heavy atom. The van der Waals surface area contributed by atoms with Crippen LogP contribution in [0.1, 0.15) is 0 Å². The topological polar surface area (TPSA) is 0 Å². The first-order valence-electron chi connectivity index (χ1n) is 6.04. The lowest BCUT2D eigenvalue weighted by atomic mass is 9.98. The molecular formula is C18H14. The predicted molar refractivity (Wildman–Crippen MR) is 80.9 cm³/mol. The molecule has 0 saturated carbocycles. The number of allylic oxidation sites excluding steroid dienone is 1. The number of fused-ring (bicyclic) bond motifs is 2. The Morgan fingerprint density at radius 3 is 1.61 bits per heavy atom. The van der Waals surface area contributed by atoms with E-state index in [0.29, 0.717) is 0 Å². The highest BCUT2D eigenvalue weighted by atomic mass is 14.1. The fourth-order valence-corrected chi connectivity index (χ4v) is 2.55. The first kappa shape index (κ1) is 10.8. The molecule has 0 aromatic heterocycles. The van der Waals surface area contributed by atoms with Crippen molar-refractivity contribution in [3.8, 4) is 0 Å². The van der Waals surface area contributed by atoms with Crippen LogP contribution in [0.25, 0.3) is 34.2 Å². The van der Waals surface area contributed by atoms with E-state index in [-0.39, 0.29) is 0 Å². The van der Waals surface area contributed by atoms with Crippen LogP contribution in [-0.2, 0) is 0 Å². The monoisotopic (exact) mass is 230 g/mol. The van der Waals surface area contributed by atoms with Gasteiger partial charge in [0.05, 0.1) is 0 Å². The van der Waals surface area contributed by atoms with Crippen LogP contribution < -0.4 is 10.4 Å². The minimum absolute atomic E-state index is 1.10. The van der Waals surface area contributed by atoms with Gasteiger partial charge in [0.25, 0.3) is 0 Å². The van der Waals surface area contributed by atoms with E-state index >= 15 is 0 Å². The Kier molecular flexibility index (Phi) is 2.49. The van der Waals surface area contributed by atoms with E-state index in [1.54, 1.807) is 0 Å². The molecule has 3 aromatic rings. The molecule has 0 unspecified atom stereocenters. The third-order valence-electron chi connectivity index (χ3n) is 3.37. The summed E-state index contributed by atoms with van der Waals surface area (Å²) in [4.78, 5) is 0. The highest BCUT2D eigenvalue weighted by Gasteiger charge is 2.02. The van der Waals surface area contributed by atoms with Crippen LogP contribution in [-0.4, -0.2) is 0 Å². The smallest absolute Gasteiger partial charge is 0.00992 e. The molecule has 0 amide bonds. The summed E-state index contributed by atoms with van der Waals surface area (Å²) in [5, 5.41) is 7.22. The Bertz CT molecular complexity index is 791. The third-order valence-corrected chi connectivity index (χ3v) is 3.37. The molecule has 0 aliphatic rings. The second kappa shape index (κ2) is 4.15. The summed E-state index contributed by atoms with van der Waals surface area (Å²) >= 11 is 0. The third kappa shape index (κ3) is 1.46. The van der Waals surface area contributed by atoms with Crippen molar-refractivity contribution in [3.63, 3.8) is 0 Å². The molecule has 0 nitrogen and oxygen atoms in total. The summed E-state index contributed by atoms with van der Waals surface area (Å²) in [6.07, 6.45) is 3.92. The van der Waals surface area contributed by atoms with Gasteiger partial charge in [0, 0.05) is 0 Å². The summed E-state index contributed by atoms with van der Waals surface area (Å²) in [6, 6.07) is 16.8. The van der Waals surface area contributed by atoms with Gasteiger partial charge in [0.15, 0.2) is 0 Å². The van der Waals surface area contributed by atoms with Crippen molar-refractivity contribution in [3.05, 3.63) is 71.6 Å². The first-order chi connectivity index (χ1) is 8.83. The zero-order valence-corrected chi connectivity index (χ0v) is 10.2. The second-order valence-electron chi connectivity index (χ2n) is 4.39. The van der Waals surface area contributed by atoms with E-state index < -0.39 is 0 Å². The van der Waals surface area contributed by atoms with Gasteiger partial charge in [-0.2, -0.15) is 0 Å². The van der Waals surface area contributed by atoms with Gasteiger partial charge >= 0.3 is 0 Å². The maximum absolute atomic E-state index is 4.24. The Hall–Kier alpha value is -2.34. The van der Waals surface area contributed by atoms with E-state index in [4.69, 9.17) is 0 Å². The summed E-state index contributed by atoms with van der Waals surface area (Å²) < 4.78 is 0. The molecular weight excluding hydrogens is 216 g/mol. The number of benzene rings is 3. The first-order valence-corrected chi connectivity index (χ1v) is 6.04. The fourth-order valence-electron chi connectivity index (χ4n) is 2.55. The highest BCUT2D eigenvalue weighted by Crippen LogP contribution is 2.12. The lowest BCUT2D eigenvalue weighted by Gasteiger charge is -2.06. The van der Waals surface area contributed by atoms with Gasteiger partial charge in [-0.3, -0.25) is 0 Å². The zero-order valence-electron chi connectivity index (χ0n) is 10.2. The minimum Gasteiger partial charge on any atom is -0.0990 e. The molecule has 0 saturated heterocycles. The van der Waals surface area contributed by atoms with Crippen molar-refractivity contribution >= 4 is 34.2 Å². The van der Waals surface area contributed by atoms with Crippen LogP contribution in [0.15, 0.2) is 61.2 Å². The largest absolute Gasteiger partial charge is 0.0990 e. The molecule has 0 spiro atoms. The quantitative estimate of drug-likeness (QED) is 0.562. The van der Waals surface area contributed by atoms with Gasteiger partial charge in [-0.1, -0.05) is 73.8 Å². The average Bonchev–Trinajstić information content (AvgIpc) is 2.43. The Balaban J connectivity index is 2.77. The minimum atomic E-state index is 1.10. The normalized spacial score (nSPS) is 10.7. The van der Waals surface area contributed by atoms with Crippen LogP contribution in [0.5, 0.6) is 0 Å². The van der Waals surface area contributed by atoms with Crippen molar-refractivity contribution in [2.24, 2.45) is 0 Å². The lowest BCUT2D eigenvalue weighted by molar-refractivity contribution is 1.69. The lowest BCUT2D eigenvalue weighted by Crippen LogP contribution is -2.13. The van der Waals surface area contributed by atoms with Crippen molar-refractivity contribution in [2.75, 3.05) is 0 Å². The van der Waals surface area contributed by atoms with Gasteiger partial charge < -0.3 is 0 Å². The molecule has 0 heteroatoms. The molecule has 0 radical (unpaired) electrons. The Labute approximate surface area is 106 Å². The maximum Gasteiger partial charge on any atom is -0.00992 e. The van der Waals surface area contributed by atoms with E-state index in [1.807, 2.05) is 6.08 Å². The van der Waals surface area contributed by atoms with Gasteiger partial charge in [0.1, 0.15) is 0 Å². The molecule has 3 aromatic carbocycles. The summed E-state index contributed by atoms with van der Waals surface area (Å²) in [5.74, 6) is 0. The van der Waals surface area contributed by atoms with Crippen LogP contribution >= 0.6 is 0 Å². The Morgan fingerprint density at radius 2 is 1.17 bits per heavy atom. The summed E-state index contributed by atoms with van der Waals surface area (Å²) in [6.45, 7) is 8.06. The molecule has 0 aliphatic carbocycles. The van der Waals surface area contributed by atoms with Crippen LogP contribution in [0.3, 0.4) is 0 Å². The fraction of sp³-hybridized carbons (Fsp3) is 0. The van der Waals surface area contributed by atoms with Gasteiger partial charge in [-0.15, -0.1) is 0 Å². The van der Waals surface area contributed by atoms with E-state index in [2.05, 4.69) is 67.8 Å². The van der Waals surface area contributed by atoms with Gasteiger partial charge in [-0.05, 0) is 32.0 Å². The summed E-state index contributed by atoms with van der Waals surface area (Å²) in [5.41, 5.74) is 0. The van der Waals surface area contributed by atoms with Crippen LogP contribution in [0.4, 0.5) is 0 Å².